The Morgan fingerprint density at radius 2 is 0.865 bits per heavy atom. The van der Waals surface area contributed by atoms with Crippen molar-refractivity contribution < 1.29 is 0 Å². The van der Waals surface area contributed by atoms with Crippen molar-refractivity contribution in [2.75, 3.05) is 80.6 Å². The first-order chi connectivity index (χ1) is 36.1. The van der Waals surface area contributed by atoms with Gasteiger partial charge < -0.3 is 38.5 Å². The average molecular weight is 1140 g/mol. The summed E-state index contributed by atoms with van der Waals surface area (Å²) < 4.78 is 0. The van der Waals surface area contributed by atoms with Crippen molar-refractivity contribution in [3.05, 3.63) is 64.0 Å². The fourth-order valence-electron chi connectivity index (χ4n) is 12.0. The van der Waals surface area contributed by atoms with Gasteiger partial charge in [-0.25, -0.2) is 0 Å². The molecule has 3 saturated carbocycles. The molecule has 74 heavy (non-hydrogen) atoms. The summed E-state index contributed by atoms with van der Waals surface area (Å²) in [5.41, 5.74) is 31.2. The molecule has 0 atom stereocenters. The number of nitrogen functional groups attached to an aromatic ring is 4. The lowest BCUT2D eigenvalue weighted by atomic mass is 9.89. The maximum atomic E-state index is 9.25. The molecule has 17 heteroatoms. The zero-order valence-electron chi connectivity index (χ0n) is 43.8. The third kappa shape index (κ3) is 16.2. The average Bonchev–Trinajstić information content (AvgIpc) is 3.82. The highest BCUT2D eigenvalue weighted by Crippen LogP contribution is 2.37. The van der Waals surface area contributed by atoms with Gasteiger partial charge in [0, 0.05) is 64.1 Å². The number of nitrogens with two attached hydrogens (primary N) is 4. The third-order valence-corrected chi connectivity index (χ3v) is 21.4. The van der Waals surface area contributed by atoms with Gasteiger partial charge in [0.05, 0.1) is 22.3 Å². The van der Waals surface area contributed by atoms with E-state index in [0.717, 1.165) is 136 Å². The van der Waals surface area contributed by atoms with Crippen LogP contribution in [0.4, 0.5) is 20.0 Å². The van der Waals surface area contributed by atoms with Gasteiger partial charge in [-0.2, -0.15) is 21.0 Å². The van der Waals surface area contributed by atoms with Gasteiger partial charge in [0.2, 0.25) is 0 Å². The maximum Gasteiger partial charge on any atom is 0.104 e. The Morgan fingerprint density at radius 3 is 1.41 bits per heavy atom. The Bertz CT molecular complexity index is 2490. The summed E-state index contributed by atoms with van der Waals surface area (Å²) in [6.45, 7) is 10.7. The predicted octanol–water partition coefficient (Wildman–Crippen LogP) is 11.8. The summed E-state index contributed by atoms with van der Waals surface area (Å²) in [5.74, 6) is 2.79. The number of fused-ring (bicyclic) bond motifs is 4. The molecule has 10 N–H and O–H groups in total. The summed E-state index contributed by atoms with van der Waals surface area (Å²) in [7, 11) is 0. The highest BCUT2D eigenvalue weighted by atomic mass is 79.9. The van der Waals surface area contributed by atoms with E-state index in [9.17, 15) is 10.5 Å². The van der Waals surface area contributed by atoms with Crippen LogP contribution in [0.15, 0.2) is 0 Å². The zero-order chi connectivity index (χ0) is 52.2. The molecule has 0 unspecified atom stereocenters. The molecule has 400 valence electrons. The van der Waals surface area contributed by atoms with E-state index in [1.54, 1.807) is 45.3 Å². The minimum absolute atomic E-state index is 0.677. The molecule has 0 radical (unpaired) electrons. The maximum absolute atomic E-state index is 9.25. The van der Waals surface area contributed by atoms with Crippen molar-refractivity contribution in [2.24, 2.45) is 17.8 Å². The summed E-state index contributed by atoms with van der Waals surface area (Å²) in [6.07, 6.45) is 29.7. The molecule has 3 fully saturated rings. The second-order valence-corrected chi connectivity index (χ2v) is 26.4. The molecule has 0 saturated heterocycles. The SMILES string of the molecule is BrCC1CCCCC1.N#Cc1c(N)sc2c1CCCN(CC1CCCCC1)C2.N#Cc1c(N)sc2c1CCCNC2.N#Cc1c(N)sc2c1CCN(CC1CCCCC1)CC2.N#Cc1c(N)sc2c1CCNCC2. The number of nitriles is 4. The van der Waals surface area contributed by atoms with E-state index in [1.165, 1.54) is 163 Å². The third-order valence-electron chi connectivity index (χ3n) is 16.1. The summed E-state index contributed by atoms with van der Waals surface area (Å²) in [6, 6.07) is 8.97. The van der Waals surface area contributed by atoms with Crippen LogP contribution < -0.4 is 33.6 Å². The monoisotopic (exact) mass is 1140 g/mol. The number of anilines is 4. The molecule has 0 aromatic carbocycles. The van der Waals surface area contributed by atoms with Crippen LogP contribution in [-0.4, -0.2) is 67.5 Å². The number of nitrogens with zero attached hydrogens (tertiary/aromatic N) is 6. The van der Waals surface area contributed by atoms with Crippen molar-refractivity contribution in [2.45, 2.75) is 161 Å². The van der Waals surface area contributed by atoms with E-state index >= 15 is 0 Å². The molecule has 11 rings (SSSR count). The Labute approximate surface area is 467 Å². The largest absolute Gasteiger partial charge is 0.389 e. The second-order valence-electron chi connectivity index (χ2n) is 21.3. The fraction of sp³-hybridized carbons (Fsp3) is 0.649. The first-order valence-corrected chi connectivity index (χ1v) is 32.2. The van der Waals surface area contributed by atoms with Crippen molar-refractivity contribution >= 4 is 81.3 Å². The van der Waals surface area contributed by atoms with E-state index in [2.05, 4.69) is 60.6 Å². The summed E-state index contributed by atoms with van der Waals surface area (Å²) >= 11 is 9.89. The zero-order valence-corrected chi connectivity index (χ0v) is 48.6. The van der Waals surface area contributed by atoms with Gasteiger partial charge in [-0.3, -0.25) is 4.90 Å². The Morgan fingerprint density at radius 1 is 0.432 bits per heavy atom. The van der Waals surface area contributed by atoms with E-state index < -0.39 is 0 Å². The Hall–Kier alpha value is -3.72. The van der Waals surface area contributed by atoms with Gasteiger partial charge in [-0.1, -0.05) is 73.7 Å². The molecule has 4 aromatic heterocycles. The number of hydrogen-bond acceptors (Lipinski definition) is 16. The number of alkyl halides is 1. The standard InChI is InChI=1S/2C16H23N3S.2C9H11N3S.C7H13Br/c17-9-14-13-7-4-8-19(11-15(13)20-16(14)18)10-12-5-2-1-3-6-12;17-10-14-13-6-8-19(9-7-15(13)20-16(14)18)11-12-4-2-1-3-5-12;10-5-7-6-1-3-12-4-2-8(6)13-9(7)11;10-4-7-6-2-1-3-12-5-8(6)13-9(7)11;8-6-7-4-2-1-3-5-7/h12H,1-8,10-11,18H2;12H,1-9,11,18H2;12H,1-4,11H2;12H,1-3,5,11H2;7H,1-6H2. The minimum atomic E-state index is 0.677. The molecule has 7 aliphatic rings. The topological polar surface area (TPSA) is 230 Å². The van der Waals surface area contributed by atoms with E-state index in [4.69, 9.17) is 33.5 Å². The molecule has 0 bridgehead atoms. The van der Waals surface area contributed by atoms with Crippen LogP contribution >= 0.6 is 61.3 Å². The van der Waals surface area contributed by atoms with Gasteiger partial charge in [-0.15, -0.1) is 45.3 Å². The van der Waals surface area contributed by atoms with Crippen molar-refractivity contribution in [3.63, 3.8) is 0 Å². The first kappa shape index (κ1) is 58.0. The molecule has 0 amide bonds. The lowest BCUT2D eigenvalue weighted by molar-refractivity contribution is 0.197. The van der Waals surface area contributed by atoms with Crippen molar-refractivity contribution in [1.82, 2.24) is 20.4 Å². The lowest BCUT2D eigenvalue weighted by Gasteiger charge is -2.28. The highest BCUT2D eigenvalue weighted by molar-refractivity contribution is 9.09. The molecule has 3 aliphatic carbocycles. The molecular formula is C57H81BrN12S4. The van der Waals surface area contributed by atoms with Crippen LogP contribution in [0.25, 0.3) is 0 Å². The minimum Gasteiger partial charge on any atom is -0.389 e. The van der Waals surface area contributed by atoms with Crippen molar-refractivity contribution in [1.29, 1.82) is 21.0 Å². The van der Waals surface area contributed by atoms with E-state index in [-0.39, 0.29) is 0 Å². The number of rotatable bonds is 5. The molecule has 4 aromatic rings. The van der Waals surface area contributed by atoms with Crippen molar-refractivity contribution in [3.8, 4) is 24.3 Å². The summed E-state index contributed by atoms with van der Waals surface area (Å²) in [4.78, 5) is 10.4. The quantitative estimate of drug-likeness (QED) is 0.103. The van der Waals surface area contributed by atoms with E-state index in [1.807, 2.05) is 0 Å². The predicted molar refractivity (Wildman–Crippen MR) is 315 cm³/mol. The second kappa shape index (κ2) is 30.3. The lowest BCUT2D eigenvalue weighted by Crippen LogP contribution is -2.32. The molecule has 12 nitrogen and oxygen atoms in total. The molecule has 0 spiro atoms. The highest BCUT2D eigenvalue weighted by Gasteiger charge is 2.26. The Kier molecular flexibility index (Phi) is 23.7. The van der Waals surface area contributed by atoms with Crippen LogP contribution in [0.1, 0.15) is 173 Å². The number of nitrogens with one attached hydrogen (secondary N) is 2. The van der Waals surface area contributed by atoms with Gasteiger partial charge in [-0.05, 0) is 156 Å². The molecule has 4 aliphatic heterocycles. The first-order valence-electron chi connectivity index (χ1n) is 27.8. The normalized spacial score (nSPS) is 19.6. The Balaban J connectivity index is 0.000000140. The van der Waals surface area contributed by atoms with Crippen LogP contribution in [0.5, 0.6) is 0 Å². The van der Waals surface area contributed by atoms with E-state index in [0.29, 0.717) is 21.1 Å². The fourth-order valence-corrected chi connectivity index (χ4v) is 17.0. The van der Waals surface area contributed by atoms with Crippen LogP contribution in [0.3, 0.4) is 0 Å². The van der Waals surface area contributed by atoms with Crippen LogP contribution in [0, 0.1) is 63.1 Å². The van der Waals surface area contributed by atoms with Crippen LogP contribution in [-0.2, 0) is 51.6 Å². The number of hydrogen-bond donors (Lipinski definition) is 6. The van der Waals surface area contributed by atoms with Crippen LogP contribution in [0.2, 0.25) is 0 Å². The number of thiophene rings is 4. The number of halogens is 1. The van der Waals surface area contributed by atoms with Gasteiger partial charge in [0.25, 0.3) is 0 Å². The summed E-state index contributed by atoms with van der Waals surface area (Å²) in [5, 5.41) is 47.0. The smallest absolute Gasteiger partial charge is 0.104 e. The van der Waals surface area contributed by atoms with Gasteiger partial charge in [0.15, 0.2) is 0 Å². The molecule has 8 heterocycles. The molecular weight excluding hydrogens is 1060 g/mol. The van der Waals surface area contributed by atoms with Gasteiger partial charge >= 0.3 is 0 Å². The van der Waals surface area contributed by atoms with Gasteiger partial charge in [0.1, 0.15) is 44.3 Å².